The van der Waals surface area contributed by atoms with Gasteiger partial charge in [0, 0.05) is 16.8 Å². The van der Waals surface area contributed by atoms with E-state index in [4.69, 9.17) is 0 Å². The van der Waals surface area contributed by atoms with Gasteiger partial charge in [0.05, 0.1) is 0 Å². The molecule has 0 unspecified atom stereocenters. The number of hydrogen-bond acceptors (Lipinski definition) is 2. The van der Waals surface area contributed by atoms with Crippen LogP contribution in [0.2, 0.25) is 0 Å². The molecule has 0 N–H and O–H groups in total. The standard InChI is InChI=1S/C20H22N2/c1-2-10-16-19(15-9-1)21-22-20(17-11-5-3-6-12-17)18-13-7-4-8-14-18/h3-8,11-14H,1-2,9-10,15-16H2. The topological polar surface area (TPSA) is 24.7 Å². The number of hydrogen-bond donors (Lipinski definition) is 0. The van der Waals surface area contributed by atoms with Crippen molar-refractivity contribution in [1.82, 2.24) is 0 Å². The van der Waals surface area contributed by atoms with Gasteiger partial charge >= 0.3 is 0 Å². The average molecular weight is 290 g/mol. The highest BCUT2D eigenvalue weighted by Crippen LogP contribution is 2.16. The third-order valence-electron chi connectivity index (χ3n) is 4.07. The number of nitrogens with zero attached hydrogens (tertiary/aromatic N) is 2. The molecule has 0 saturated heterocycles. The van der Waals surface area contributed by atoms with Crippen molar-refractivity contribution in [3.8, 4) is 0 Å². The molecule has 0 radical (unpaired) electrons. The monoisotopic (exact) mass is 290 g/mol. The van der Waals surface area contributed by atoms with Crippen molar-refractivity contribution in [2.24, 2.45) is 10.2 Å². The summed E-state index contributed by atoms with van der Waals surface area (Å²) in [6.07, 6.45) is 7.35. The molecule has 3 rings (SSSR count). The first-order valence-corrected chi connectivity index (χ1v) is 8.18. The lowest BCUT2D eigenvalue weighted by molar-refractivity contribution is 0.702. The van der Waals surface area contributed by atoms with E-state index in [9.17, 15) is 0 Å². The second kappa shape index (κ2) is 7.69. The average Bonchev–Trinajstić information content (AvgIpc) is 2.86. The van der Waals surface area contributed by atoms with Crippen molar-refractivity contribution in [1.29, 1.82) is 0 Å². The summed E-state index contributed by atoms with van der Waals surface area (Å²) in [7, 11) is 0. The SMILES string of the molecule is c1ccc(C(=NN=C2CCCCCC2)c2ccccc2)cc1. The van der Waals surface area contributed by atoms with Crippen LogP contribution < -0.4 is 0 Å². The summed E-state index contributed by atoms with van der Waals surface area (Å²) < 4.78 is 0. The lowest BCUT2D eigenvalue weighted by Crippen LogP contribution is -2.03. The van der Waals surface area contributed by atoms with Gasteiger partial charge in [-0.2, -0.15) is 5.10 Å². The zero-order valence-electron chi connectivity index (χ0n) is 12.9. The summed E-state index contributed by atoms with van der Waals surface area (Å²) in [6.45, 7) is 0. The highest BCUT2D eigenvalue weighted by Gasteiger charge is 2.08. The minimum absolute atomic E-state index is 0.956. The van der Waals surface area contributed by atoms with Crippen LogP contribution in [0.5, 0.6) is 0 Å². The molecule has 2 heteroatoms. The van der Waals surface area contributed by atoms with Crippen LogP contribution in [-0.2, 0) is 0 Å². The van der Waals surface area contributed by atoms with Gasteiger partial charge in [-0.3, -0.25) is 0 Å². The van der Waals surface area contributed by atoms with Crippen molar-refractivity contribution in [3.05, 3.63) is 71.8 Å². The Morgan fingerprint density at radius 2 is 1.14 bits per heavy atom. The molecule has 1 aliphatic carbocycles. The van der Waals surface area contributed by atoms with Crippen LogP contribution in [0.15, 0.2) is 70.9 Å². The van der Waals surface area contributed by atoms with E-state index in [0.717, 1.165) is 29.7 Å². The molecule has 1 saturated carbocycles. The highest BCUT2D eigenvalue weighted by molar-refractivity contribution is 6.13. The minimum Gasteiger partial charge on any atom is -0.159 e. The van der Waals surface area contributed by atoms with Crippen LogP contribution in [0.1, 0.15) is 49.7 Å². The second-order valence-corrected chi connectivity index (χ2v) is 5.76. The molecule has 0 bridgehead atoms. The van der Waals surface area contributed by atoms with Crippen LogP contribution in [-0.4, -0.2) is 11.4 Å². The molecule has 0 aromatic heterocycles. The zero-order valence-corrected chi connectivity index (χ0v) is 12.9. The number of benzene rings is 2. The van der Waals surface area contributed by atoms with E-state index in [-0.39, 0.29) is 0 Å². The maximum Gasteiger partial charge on any atom is 0.100 e. The summed E-state index contributed by atoms with van der Waals surface area (Å²) in [5, 5.41) is 9.24. The van der Waals surface area contributed by atoms with E-state index < -0.39 is 0 Å². The molecule has 0 heterocycles. The molecule has 0 atom stereocenters. The molecule has 112 valence electrons. The fourth-order valence-corrected chi connectivity index (χ4v) is 2.83. The Hall–Kier alpha value is -2.22. The fraction of sp³-hybridized carbons (Fsp3) is 0.300. The summed E-state index contributed by atoms with van der Waals surface area (Å²) in [6, 6.07) is 20.6. The predicted molar refractivity (Wildman–Crippen MR) is 93.7 cm³/mol. The molecule has 2 aromatic rings. The molecular weight excluding hydrogens is 268 g/mol. The Kier molecular flexibility index (Phi) is 5.14. The van der Waals surface area contributed by atoms with Crippen LogP contribution in [0.4, 0.5) is 0 Å². The summed E-state index contributed by atoms with van der Waals surface area (Å²) in [4.78, 5) is 0. The Morgan fingerprint density at radius 1 is 0.636 bits per heavy atom. The van der Waals surface area contributed by atoms with Gasteiger partial charge in [0.15, 0.2) is 0 Å². The van der Waals surface area contributed by atoms with E-state index in [1.54, 1.807) is 0 Å². The summed E-state index contributed by atoms with van der Waals surface area (Å²) >= 11 is 0. The van der Waals surface area contributed by atoms with Gasteiger partial charge in [-0.05, 0) is 25.7 Å². The van der Waals surface area contributed by atoms with Gasteiger partial charge < -0.3 is 0 Å². The molecule has 22 heavy (non-hydrogen) atoms. The van der Waals surface area contributed by atoms with E-state index in [1.807, 2.05) is 36.4 Å². The van der Waals surface area contributed by atoms with Crippen LogP contribution in [0.3, 0.4) is 0 Å². The Balaban J connectivity index is 1.95. The quantitative estimate of drug-likeness (QED) is 0.420. The van der Waals surface area contributed by atoms with Gasteiger partial charge in [0.2, 0.25) is 0 Å². The molecule has 0 spiro atoms. The Labute approximate surface area is 132 Å². The van der Waals surface area contributed by atoms with Gasteiger partial charge in [0.1, 0.15) is 5.71 Å². The molecule has 0 amide bonds. The second-order valence-electron chi connectivity index (χ2n) is 5.76. The fourth-order valence-electron chi connectivity index (χ4n) is 2.83. The largest absolute Gasteiger partial charge is 0.159 e. The Bertz CT molecular complexity index is 590. The van der Waals surface area contributed by atoms with Crippen molar-refractivity contribution in [2.45, 2.75) is 38.5 Å². The van der Waals surface area contributed by atoms with Crippen LogP contribution in [0.25, 0.3) is 0 Å². The Morgan fingerprint density at radius 3 is 1.64 bits per heavy atom. The maximum absolute atomic E-state index is 4.63. The third-order valence-corrected chi connectivity index (χ3v) is 4.07. The lowest BCUT2D eigenvalue weighted by atomic mass is 10.0. The van der Waals surface area contributed by atoms with Gasteiger partial charge in [-0.1, -0.05) is 73.5 Å². The normalized spacial score (nSPS) is 15.0. The van der Waals surface area contributed by atoms with Crippen LogP contribution >= 0.6 is 0 Å². The summed E-state index contributed by atoms with van der Waals surface area (Å²) in [5.41, 5.74) is 4.44. The smallest absolute Gasteiger partial charge is 0.100 e. The first kappa shape index (κ1) is 14.7. The van der Waals surface area contributed by atoms with Crippen molar-refractivity contribution < 1.29 is 0 Å². The van der Waals surface area contributed by atoms with E-state index >= 15 is 0 Å². The van der Waals surface area contributed by atoms with Gasteiger partial charge in [0.25, 0.3) is 0 Å². The molecular formula is C20H22N2. The first-order chi connectivity index (χ1) is 10.9. The van der Waals surface area contributed by atoms with E-state index in [1.165, 1.54) is 31.4 Å². The summed E-state index contributed by atoms with van der Waals surface area (Å²) in [5.74, 6) is 0. The molecule has 1 fully saturated rings. The highest BCUT2D eigenvalue weighted by atomic mass is 15.2. The van der Waals surface area contributed by atoms with E-state index in [2.05, 4.69) is 34.5 Å². The molecule has 1 aliphatic rings. The van der Waals surface area contributed by atoms with Gasteiger partial charge in [-0.25, -0.2) is 0 Å². The first-order valence-electron chi connectivity index (χ1n) is 8.18. The lowest BCUT2D eigenvalue weighted by Gasteiger charge is -2.06. The van der Waals surface area contributed by atoms with E-state index in [0.29, 0.717) is 0 Å². The molecule has 0 aliphatic heterocycles. The zero-order chi connectivity index (χ0) is 15.0. The number of rotatable bonds is 3. The predicted octanol–water partition coefficient (Wildman–Crippen LogP) is 5.23. The minimum atomic E-state index is 0.956. The van der Waals surface area contributed by atoms with Crippen molar-refractivity contribution in [2.75, 3.05) is 0 Å². The molecule has 2 nitrogen and oxygen atoms in total. The maximum atomic E-state index is 4.63. The van der Waals surface area contributed by atoms with Crippen LogP contribution in [0, 0.1) is 0 Å². The molecule has 2 aromatic carbocycles. The van der Waals surface area contributed by atoms with Crippen molar-refractivity contribution >= 4 is 11.4 Å². The van der Waals surface area contributed by atoms with Crippen molar-refractivity contribution in [3.63, 3.8) is 0 Å². The van der Waals surface area contributed by atoms with Gasteiger partial charge in [-0.15, -0.1) is 5.10 Å². The third kappa shape index (κ3) is 3.91.